The van der Waals surface area contributed by atoms with Crippen LogP contribution in [0.4, 0.5) is 5.69 Å². The second kappa shape index (κ2) is 6.87. The molecule has 0 fully saturated rings. The number of Topliss-reactive ketones (excluding diaryl/α,β-unsaturated/α-hetero) is 1. The van der Waals surface area contributed by atoms with Crippen LogP contribution < -0.4 is 0 Å². The highest BCUT2D eigenvalue weighted by atomic mass is 16.6. The fraction of sp³-hybridized carbons (Fsp3) is 0.0500. The molecule has 118 valence electrons. The van der Waals surface area contributed by atoms with Crippen molar-refractivity contribution < 1.29 is 9.72 Å². The summed E-state index contributed by atoms with van der Waals surface area (Å²) in [6.45, 7) is 0. The normalized spacial score (nSPS) is 11.7. The van der Waals surface area contributed by atoms with Crippen LogP contribution in [0.2, 0.25) is 0 Å². The average molecular weight is 317 g/mol. The molecule has 0 aromatic heterocycles. The molecule has 24 heavy (non-hydrogen) atoms. The van der Waals surface area contributed by atoms with Crippen LogP contribution in [0.1, 0.15) is 27.4 Å². The van der Waals surface area contributed by atoms with Crippen LogP contribution in [0.5, 0.6) is 0 Å². The molecular formula is C20H15NO3. The van der Waals surface area contributed by atoms with Gasteiger partial charge < -0.3 is 0 Å². The SMILES string of the molecule is O=C(c1ccccc1)C(c1ccccc1)c1ccccc1[N+](=O)[O-]. The lowest BCUT2D eigenvalue weighted by molar-refractivity contribution is -0.385. The molecule has 0 heterocycles. The van der Waals surface area contributed by atoms with Crippen molar-refractivity contribution >= 4 is 11.5 Å². The predicted molar refractivity (Wildman–Crippen MR) is 92.2 cm³/mol. The monoisotopic (exact) mass is 317 g/mol. The number of ketones is 1. The Kier molecular flexibility index (Phi) is 4.47. The van der Waals surface area contributed by atoms with Gasteiger partial charge in [-0.1, -0.05) is 78.9 Å². The van der Waals surface area contributed by atoms with Crippen LogP contribution in [0.25, 0.3) is 0 Å². The molecule has 0 N–H and O–H groups in total. The lowest BCUT2D eigenvalue weighted by atomic mass is 9.84. The smallest absolute Gasteiger partial charge is 0.273 e. The van der Waals surface area contributed by atoms with E-state index in [-0.39, 0.29) is 11.5 Å². The van der Waals surface area contributed by atoms with Crippen molar-refractivity contribution in [3.05, 3.63) is 112 Å². The molecule has 0 bridgehead atoms. The Hall–Kier alpha value is -3.27. The zero-order valence-electron chi connectivity index (χ0n) is 12.8. The van der Waals surface area contributed by atoms with Gasteiger partial charge in [-0.25, -0.2) is 0 Å². The second-order valence-corrected chi connectivity index (χ2v) is 5.39. The van der Waals surface area contributed by atoms with Crippen molar-refractivity contribution in [1.29, 1.82) is 0 Å². The maximum Gasteiger partial charge on any atom is 0.273 e. The number of nitro groups is 1. The molecule has 3 aromatic carbocycles. The number of carbonyl (C=O) groups excluding carboxylic acids is 1. The summed E-state index contributed by atoms with van der Waals surface area (Å²) < 4.78 is 0. The highest BCUT2D eigenvalue weighted by Crippen LogP contribution is 2.34. The molecule has 0 spiro atoms. The van der Waals surface area contributed by atoms with Gasteiger partial charge in [-0.15, -0.1) is 0 Å². The minimum Gasteiger partial charge on any atom is -0.293 e. The van der Waals surface area contributed by atoms with Gasteiger partial charge in [-0.05, 0) is 5.56 Å². The maximum absolute atomic E-state index is 13.1. The molecule has 0 aliphatic rings. The number of rotatable bonds is 5. The third kappa shape index (κ3) is 3.08. The van der Waals surface area contributed by atoms with E-state index < -0.39 is 10.8 Å². The topological polar surface area (TPSA) is 60.2 Å². The number of hydrogen-bond donors (Lipinski definition) is 0. The van der Waals surface area contributed by atoms with E-state index >= 15 is 0 Å². The third-order valence-corrected chi connectivity index (χ3v) is 3.90. The average Bonchev–Trinajstić information content (AvgIpc) is 2.64. The largest absolute Gasteiger partial charge is 0.293 e. The Morgan fingerprint density at radius 1 is 0.792 bits per heavy atom. The van der Waals surface area contributed by atoms with Gasteiger partial charge in [0.1, 0.15) is 0 Å². The first-order chi connectivity index (χ1) is 11.7. The molecule has 3 aromatic rings. The first kappa shape index (κ1) is 15.6. The number of benzene rings is 3. The number of hydrogen-bond acceptors (Lipinski definition) is 3. The number of nitrogens with zero attached hydrogens (tertiary/aromatic N) is 1. The highest BCUT2D eigenvalue weighted by molar-refractivity contribution is 6.03. The molecule has 0 saturated carbocycles. The van der Waals surface area contributed by atoms with Gasteiger partial charge in [-0.3, -0.25) is 14.9 Å². The first-order valence-electron chi connectivity index (χ1n) is 7.56. The van der Waals surface area contributed by atoms with Crippen molar-refractivity contribution in [1.82, 2.24) is 0 Å². The lowest BCUT2D eigenvalue weighted by Crippen LogP contribution is -2.16. The molecule has 0 amide bonds. The molecule has 1 unspecified atom stereocenters. The molecule has 0 aliphatic carbocycles. The highest BCUT2D eigenvalue weighted by Gasteiger charge is 2.29. The number of para-hydroxylation sites is 1. The molecule has 4 nitrogen and oxygen atoms in total. The summed E-state index contributed by atoms with van der Waals surface area (Å²) in [5, 5.41) is 11.4. The van der Waals surface area contributed by atoms with Crippen LogP contribution in [0.3, 0.4) is 0 Å². The molecule has 0 radical (unpaired) electrons. The Morgan fingerprint density at radius 3 is 1.96 bits per heavy atom. The molecule has 0 saturated heterocycles. The summed E-state index contributed by atoms with van der Waals surface area (Å²) in [6.07, 6.45) is 0. The van der Waals surface area contributed by atoms with E-state index in [4.69, 9.17) is 0 Å². The summed E-state index contributed by atoms with van der Waals surface area (Å²) in [5.74, 6) is -0.869. The molecule has 0 aliphatic heterocycles. The van der Waals surface area contributed by atoms with Crippen LogP contribution in [0.15, 0.2) is 84.9 Å². The first-order valence-corrected chi connectivity index (χ1v) is 7.56. The zero-order chi connectivity index (χ0) is 16.9. The van der Waals surface area contributed by atoms with E-state index in [0.29, 0.717) is 11.1 Å². The summed E-state index contributed by atoms with van der Waals surface area (Å²) in [7, 11) is 0. The van der Waals surface area contributed by atoms with Gasteiger partial charge in [0, 0.05) is 17.2 Å². The second-order valence-electron chi connectivity index (χ2n) is 5.39. The zero-order valence-corrected chi connectivity index (χ0v) is 12.8. The Balaban J connectivity index is 2.18. The Labute approximate surface area is 139 Å². The van der Waals surface area contributed by atoms with Gasteiger partial charge >= 0.3 is 0 Å². The molecule has 4 heteroatoms. The minimum atomic E-state index is -0.713. The van der Waals surface area contributed by atoms with Gasteiger partial charge in [0.15, 0.2) is 5.78 Å². The quantitative estimate of drug-likeness (QED) is 0.392. The van der Waals surface area contributed by atoms with E-state index in [9.17, 15) is 14.9 Å². The van der Waals surface area contributed by atoms with E-state index in [1.807, 2.05) is 36.4 Å². The third-order valence-electron chi connectivity index (χ3n) is 3.90. The molecule has 1 atom stereocenters. The maximum atomic E-state index is 13.1. The van der Waals surface area contributed by atoms with Crippen LogP contribution in [-0.2, 0) is 0 Å². The Bertz CT molecular complexity index is 860. The van der Waals surface area contributed by atoms with Gasteiger partial charge in [0.2, 0.25) is 0 Å². The Morgan fingerprint density at radius 2 is 1.33 bits per heavy atom. The van der Waals surface area contributed by atoms with E-state index in [0.717, 1.165) is 5.56 Å². The van der Waals surface area contributed by atoms with E-state index in [1.54, 1.807) is 42.5 Å². The van der Waals surface area contributed by atoms with Crippen molar-refractivity contribution in [2.75, 3.05) is 0 Å². The predicted octanol–water partition coefficient (Wildman–Crippen LogP) is 4.61. The lowest BCUT2D eigenvalue weighted by Gasteiger charge is -2.17. The molecular weight excluding hydrogens is 302 g/mol. The summed E-state index contributed by atoms with van der Waals surface area (Å²) >= 11 is 0. The van der Waals surface area contributed by atoms with Crippen molar-refractivity contribution in [3.63, 3.8) is 0 Å². The fourth-order valence-corrected chi connectivity index (χ4v) is 2.78. The van der Waals surface area contributed by atoms with Crippen LogP contribution in [0, 0.1) is 10.1 Å². The minimum absolute atomic E-state index is 0.0457. The summed E-state index contributed by atoms with van der Waals surface area (Å²) in [4.78, 5) is 24.1. The van der Waals surface area contributed by atoms with Crippen molar-refractivity contribution in [2.24, 2.45) is 0 Å². The van der Waals surface area contributed by atoms with E-state index in [1.165, 1.54) is 6.07 Å². The standard InChI is InChI=1S/C20H15NO3/c22-20(16-11-5-2-6-12-16)19(15-9-3-1-4-10-15)17-13-7-8-14-18(17)21(23)24/h1-14,19H. The van der Waals surface area contributed by atoms with Crippen LogP contribution >= 0.6 is 0 Å². The summed E-state index contributed by atoms with van der Waals surface area (Å²) in [5.41, 5.74) is 1.63. The van der Waals surface area contributed by atoms with Crippen LogP contribution in [-0.4, -0.2) is 10.7 Å². The van der Waals surface area contributed by atoms with Gasteiger partial charge in [0.25, 0.3) is 5.69 Å². The summed E-state index contributed by atoms with van der Waals surface area (Å²) in [6, 6.07) is 24.4. The van der Waals surface area contributed by atoms with Gasteiger partial charge in [-0.2, -0.15) is 0 Å². The van der Waals surface area contributed by atoms with E-state index in [2.05, 4.69) is 0 Å². The number of carbonyl (C=O) groups is 1. The van der Waals surface area contributed by atoms with Gasteiger partial charge in [0.05, 0.1) is 10.8 Å². The molecule has 3 rings (SSSR count). The van der Waals surface area contributed by atoms with Crippen molar-refractivity contribution in [2.45, 2.75) is 5.92 Å². The van der Waals surface area contributed by atoms with Crippen molar-refractivity contribution in [3.8, 4) is 0 Å². The number of nitro benzene ring substituents is 1. The fourth-order valence-electron chi connectivity index (χ4n) is 2.78.